The average Bonchev–Trinajstić information content (AvgIpc) is 3.21. The van der Waals surface area contributed by atoms with Gasteiger partial charge in [-0.25, -0.2) is 0 Å². The Morgan fingerprint density at radius 1 is 1.23 bits per heavy atom. The first-order chi connectivity index (χ1) is 10.8. The fourth-order valence-electron chi connectivity index (χ4n) is 3.85. The third-order valence-electron chi connectivity index (χ3n) is 5.00. The van der Waals surface area contributed by atoms with Gasteiger partial charge in [-0.05, 0) is 37.3 Å². The van der Waals surface area contributed by atoms with E-state index in [1.165, 1.54) is 32.1 Å². The van der Waals surface area contributed by atoms with Crippen LogP contribution in [0.2, 0.25) is 0 Å². The molecular formula is C17H21N3O2. The van der Waals surface area contributed by atoms with Gasteiger partial charge in [-0.2, -0.15) is 4.98 Å². The summed E-state index contributed by atoms with van der Waals surface area (Å²) < 4.78 is 10.8. The SMILES string of the molecule is COc1cccc(-c2noc(N3CCC4CCCCC43)n2)c1. The minimum atomic E-state index is 0.590. The number of aromatic nitrogens is 2. The van der Waals surface area contributed by atoms with Gasteiger partial charge >= 0.3 is 6.01 Å². The number of ether oxygens (including phenoxy) is 1. The lowest BCUT2D eigenvalue weighted by Crippen LogP contribution is -2.34. The van der Waals surface area contributed by atoms with E-state index in [2.05, 4.69) is 15.0 Å². The second kappa shape index (κ2) is 5.63. The third kappa shape index (κ3) is 2.34. The highest BCUT2D eigenvalue weighted by molar-refractivity contribution is 5.58. The molecule has 1 saturated heterocycles. The summed E-state index contributed by atoms with van der Waals surface area (Å²) in [6.07, 6.45) is 6.53. The van der Waals surface area contributed by atoms with Crippen molar-refractivity contribution in [1.82, 2.24) is 10.1 Å². The topological polar surface area (TPSA) is 51.4 Å². The number of rotatable bonds is 3. The molecule has 2 unspecified atom stereocenters. The Morgan fingerprint density at radius 3 is 3.05 bits per heavy atom. The van der Waals surface area contributed by atoms with Crippen LogP contribution in [-0.4, -0.2) is 29.8 Å². The molecule has 5 heteroatoms. The maximum absolute atomic E-state index is 5.55. The molecule has 116 valence electrons. The van der Waals surface area contributed by atoms with Crippen molar-refractivity contribution in [1.29, 1.82) is 0 Å². The molecule has 1 saturated carbocycles. The van der Waals surface area contributed by atoms with Crippen LogP contribution in [0, 0.1) is 5.92 Å². The van der Waals surface area contributed by atoms with Crippen LogP contribution in [0.15, 0.2) is 28.8 Å². The van der Waals surface area contributed by atoms with Gasteiger partial charge in [0.05, 0.1) is 7.11 Å². The molecule has 2 heterocycles. The standard InChI is InChI=1S/C17H21N3O2/c1-21-14-7-4-6-13(11-14)16-18-17(22-19-16)20-10-9-12-5-2-3-8-15(12)20/h4,6-7,11-12,15H,2-3,5,8-10H2,1H3. The molecule has 0 spiro atoms. The van der Waals surface area contributed by atoms with Crippen molar-refractivity contribution >= 4 is 6.01 Å². The Labute approximate surface area is 130 Å². The number of fused-ring (bicyclic) bond motifs is 1. The highest BCUT2D eigenvalue weighted by Crippen LogP contribution is 2.38. The largest absolute Gasteiger partial charge is 0.497 e. The minimum Gasteiger partial charge on any atom is -0.497 e. The van der Waals surface area contributed by atoms with Crippen LogP contribution in [0.1, 0.15) is 32.1 Å². The summed E-state index contributed by atoms with van der Waals surface area (Å²) in [7, 11) is 1.66. The lowest BCUT2D eigenvalue weighted by atomic mass is 9.85. The highest BCUT2D eigenvalue weighted by Gasteiger charge is 2.38. The number of hydrogen-bond acceptors (Lipinski definition) is 5. The Hall–Kier alpha value is -2.04. The Bertz CT molecular complexity index is 655. The molecule has 0 amide bonds. The van der Waals surface area contributed by atoms with Gasteiger partial charge < -0.3 is 14.2 Å². The quantitative estimate of drug-likeness (QED) is 0.868. The first-order valence-electron chi connectivity index (χ1n) is 8.10. The van der Waals surface area contributed by atoms with Crippen molar-refractivity contribution < 1.29 is 9.26 Å². The van der Waals surface area contributed by atoms with E-state index in [0.29, 0.717) is 17.9 Å². The van der Waals surface area contributed by atoms with E-state index in [4.69, 9.17) is 9.26 Å². The molecule has 4 rings (SSSR count). The average molecular weight is 299 g/mol. The van der Waals surface area contributed by atoms with Crippen molar-refractivity contribution in [2.75, 3.05) is 18.6 Å². The van der Waals surface area contributed by atoms with Crippen molar-refractivity contribution in [2.24, 2.45) is 5.92 Å². The Balaban J connectivity index is 1.58. The number of nitrogens with zero attached hydrogens (tertiary/aromatic N) is 3. The molecule has 2 aromatic rings. The number of methoxy groups -OCH3 is 1. The molecule has 1 aromatic heterocycles. The molecule has 0 radical (unpaired) electrons. The van der Waals surface area contributed by atoms with E-state index >= 15 is 0 Å². The lowest BCUT2D eigenvalue weighted by Gasteiger charge is -2.30. The van der Waals surface area contributed by atoms with Crippen LogP contribution in [0.5, 0.6) is 5.75 Å². The predicted molar refractivity (Wildman–Crippen MR) is 84.0 cm³/mol. The summed E-state index contributed by atoms with van der Waals surface area (Å²) in [5.41, 5.74) is 0.925. The van der Waals surface area contributed by atoms with Crippen molar-refractivity contribution in [2.45, 2.75) is 38.1 Å². The third-order valence-corrected chi connectivity index (χ3v) is 5.00. The van der Waals surface area contributed by atoms with Gasteiger partial charge in [-0.1, -0.05) is 30.1 Å². The van der Waals surface area contributed by atoms with Crippen molar-refractivity contribution in [3.63, 3.8) is 0 Å². The normalized spacial score (nSPS) is 24.3. The van der Waals surface area contributed by atoms with Crippen LogP contribution in [-0.2, 0) is 0 Å². The maximum Gasteiger partial charge on any atom is 0.324 e. The van der Waals surface area contributed by atoms with E-state index < -0.39 is 0 Å². The second-order valence-electron chi connectivity index (χ2n) is 6.23. The van der Waals surface area contributed by atoms with Crippen LogP contribution in [0.4, 0.5) is 6.01 Å². The van der Waals surface area contributed by atoms with E-state index in [0.717, 1.165) is 23.8 Å². The molecule has 1 aromatic carbocycles. The van der Waals surface area contributed by atoms with Gasteiger partial charge in [0.15, 0.2) is 0 Å². The summed E-state index contributed by atoms with van der Waals surface area (Å²) in [6.45, 7) is 1.04. The fourth-order valence-corrected chi connectivity index (χ4v) is 3.85. The van der Waals surface area contributed by atoms with Crippen LogP contribution < -0.4 is 9.64 Å². The fraction of sp³-hybridized carbons (Fsp3) is 0.529. The first kappa shape index (κ1) is 13.6. The van der Waals surface area contributed by atoms with E-state index in [-0.39, 0.29) is 0 Å². The van der Waals surface area contributed by atoms with E-state index in [9.17, 15) is 0 Å². The summed E-state index contributed by atoms with van der Waals surface area (Å²) in [4.78, 5) is 6.94. The zero-order valence-corrected chi connectivity index (χ0v) is 12.9. The van der Waals surface area contributed by atoms with Gasteiger partial charge in [-0.15, -0.1) is 0 Å². The Morgan fingerprint density at radius 2 is 2.14 bits per heavy atom. The zero-order valence-electron chi connectivity index (χ0n) is 12.9. The molecule has 0 bridgehead atoms. The molecule has 22 heavy (non-hydrogen) atoms. The van der Waals surface area contributed by atoms with Gasteiger partial charge in [0.1, 0.15) is 5.75 Å². The first-order valence-corrected chi connectivity index (χ1v) is 8.10. The molecule has 5 nitrogen and oxygen atoms in total. The highest BCUT2D eigenvalue weighted by atomic mass is 16.5. The number of benzene rings is 1. The molecule has 2 atom stereocenters. The second-order valence-corrected chi connectivity index (χ2v) is 6.23. The molecule has 1 aliphatic heterocycles. The van der Waals surface area contributed by atoms with Gasteiger partial charge in [0.2, 0.25) is 5.82 Å². The van der Waals surface area contributed by atoms with Crippen LogP contribution >= 0.6 is 0 Å². The smallest absolute Gasteiger partial charge is 0.324 e. The van der Waals surface area contributed by atoms with Crippen molar-refractivity contribution in [3.05, 3.63) is 24.3 Å². The molecule has 1 aliphatic carbocycles. The van der Waals surface area contributed by atoms with Gasteiger partial charge in [0, 0.05) is 18.2 Å². The maximum atomic E-state index is 5.55. The van der Waals surface area contributed by atoms with Gasteiger partial charge in [-0.3, -0.25) is 0 Å². The number of anilines is 1. The van der Waals surface area contributed by atoms with E-state index in [1.54, 1.807) is 7.11 Å². The summed E-state index contributed by atoms with van der Waals surface area (Å²) >= 11 is 0. The van der Waals surface area contributed by atoms with Crippen LogP contribution in [0.3, 0.4) is 0 Å². The number of hydrogen-bond donors (Lipinski definition) is 0. The minimum absolute atomic E-state index is 0.590. The molecule has 2 aliphatic rings. The molecule has 0 N–H and O–H groups in total. The van der Waals surface area contributed by atoms with Gasteiger partial charge in [0.25, 0.3) is 0 Å². The Kier molecular flexibility index (Phi) is 3.48. The lowest BCUT2D eigenvalue weighted by molar-refractivity contribution is 0.328. The zero-order chi connectivity index (χ0) is 14.9. The van der Waals surface area contributed by atoms with E-state index in [1.807, 2.05) is 24.3 Å². The molecule has 2 fully saturated rings. The van der Waals surface area contributed by atoms with Crippen LogP contribution in [0.25, 0.3) is 11.4 Å². The summed E-state index contributed by atoms with van der Waals surface area (Å²) in [5, 5.41) is 4.16. The van der Waals surface area contributed by atoms with Crippen molar-refractivity contribution in [3.8, 4) is 17.1 Å². The monoisotopic (exact) mass is 299 g/mol. The summed E-state index contributed by atoms with van der Waals surface area (Å²) in [6, 6.07) is 9.03. The summed E-state index contributed by atoms with van der Waals surface area (Å²) in [5.74, 6) is 2.24. The molecular weight excluding hydrogens is 278 g/mol. The predicted octanol–water partition coefficient (Wildman–Crippen LogP) is 3.51.